The Kier molecular flexibility index (Phi) is 5.31. The van der Waals surface area contributed by atoms with E-state index in [0.29, 0.717) is 13.1 Å². The number of sulfone groups is 1. The van der Waals surface area contributed by atoms with Crippen LogP contribution in [0.25, 0.3) is 0 Å². The van der Waals surface area contributed by atoms with Crippen molar-refractivity contribution in [3.63, 3.8) is 0 Å². The smallest absolute Gasteiger partial charge is 0.154 e. The van der Waals surface area contributed by atoms with E-state index in [1.165, 1.54) is 11.5 Å². The fourth-order valence-corrected chi connectivity index (χ4v) is 5.25. The highest BCUT2D eigenvalue weighted by Crippen LogP contribution is 2.25. The first-order chi connectivity index (χ1) is 9.84. The van der Waals surface area contributed by atoms with Gasteiger partial charge in [-0.1, -0.05) is 18.3 Å². The van der Waals surface area contributed by atoms with Gasteiger partial charge in [-0.3, -0.25) is 4.90 Å². The molecule has 0 radical (unpaired) electrons. The van der Waals surface area contributed by atoms with Crippen LogP contribution < -0.4 is 0 Å². The lowest BCUT2D eigenvalue weighted by Gasteiger charge is -2.29. The molecule has 0 amide bonds. The summed E-state index contributed by atoms with van der Waals surface area (Å²) in [4.78, 5) is 2.77. The number of hydrogen-bond donors (Lipinski definition) is 2. The van der Waals surface area contributed by atoms with Crippen LogP contribution in [0.1, 0.15) is 30.3 Å². The van der Waals surface area contributed by atoms with E-state index in [-0.39, 0.29) is 24.0 Å². The van der Waals surface area contributed by atoms with E-state index in [1.54, 1.807) is 0 Å². The summed E-state index contributed by atoms with van der Waals surface area (Å²) in [5.74, 6) is -0.0541. The van der Waals surface area contributed by atoms with Gasteiger partial charge >= 0.3 is 0 Å². The van der Waals surface area contributed by atoms with E-state index in [0.717, 1.165) is 10.6 Å². The van der Waals surface area contributed by atoms with Crippen molar-refractivity contribution < 1.29 is 18.6 Å². The summed E-state index contributed by atoms with van der Waals surface area (Å²) in [6.45, 7) is 4.71. The van der Waals surface area contributed by atoms with Crippen LogP contribution in [0.2, 0.25) is 0 Å². The van der Waals surface area contributed by atoms with Gasteiger partial charge in [-0.05, 0) is 17.5 Å². The summed E-state index contributed by atoms with van der Waals surface area (Å²) in [5, 5.41) is 23.3. The van der Waals surface area contributed by atoms with Crippen molar-refractivity contribution in [1.29, 1.82) is 0 Å². The Morgan fingerprint density at radius 1 is 1.43 bits per heavy atom. The molecule has 0 bridgehead atoms. The fourth-order valence-electron chi connectivity index (χ4n) is 2.60. The molecule has 1 aromatic rings. The van der Waals surface area contributed by atoms with Crippen LogP contribution in [0, 0.1) is 0 Å². The maximum Gasteiger partial charge on any atom is 0.154 e. The van der Waals surface area contributed by atoms with E-state index >= 15 is 0 Å². The highest BCUT2D eigenvalue weighted by Gasteiger charge is 2.40. The van der Waals surface area contributed by atoms with Crippen molar-refractivity contribution >= 4 is 21.4 Å². The number of aliphatic hydroxyl groups is 2. The van der Waals surface area contributed by atoms with Crippen molar-refractivity contribution in [1.82, 2.24) is 14.5 Å². The minimum Gasteiger partial charge on any atom is -0.395 e. The maximum atomic E-state index is 11.7. The van der Waals surface area contributed by atoms with E-state index in [1.807, 2.05) is 18.7 Å². The molecule has 0 saturated carbocycles. The lowest BCUT2D eigenvalue weighted by atomic mass is 10.1. The molecule has 1 saturated heterocycles. The lowest BCUT2D eigenvalue weighted by molar-refractivity contribution is 0.0659. The van der Waals surface area contributed by atoms with Gasteiger partial charge in [0.2, 0.25) is 0 Å². The molecule has 2 atom stereocenters. The highest BCUT2D eigenvalue weighted by atomic mass is 32.2. The van der Waals surface area contributed by atoms with E-state index < -0.39 is 22.0 Å². The topological polar surface area (TPSA) is 104 Å². The monoisotopic (exact) mass is 335 g/mol. The fraction of sp³-hybridized carbons (Fsp3) is 0.833. The number of hydrogen-bond acceptors (Lipinski definition) is 8. The molecule has 2 rings (SSSR count). The molecule has 0 spiro atoms. The second kappa shape index (κ2) is 6.66. The number of rotatable bonds is 6. The van der Waals surface area contributed by atoms with Crippen LogP contribution in [0.3, 0.4) is 0 Å². The Morgan fingerprint density at radius 2 is 2.14 bits per heavy atom. The predicted molar refractivity (Wildman–Crippen MR) is 79.9 cm³/mol. The van der Waals surface area contributed by atoms with Gasteiger partial charge in [0, 0.05) is 13.1 Å². The summed E-state index contributed by atoms with van der Waals surface area (Å²) in [6.07, 6.45) is -0.912. The molecule has 0 aliphatic carbocycles. The quantitative estimate of drug-likeness (QED) is 0.730. The van der Waals surface area contributed by atoms with E-state index in [4.69, 9.17) is 0 Å². The molecule has 9 heteroatoms. The van der Waals surface area contributed by atoms with Crippen LogP contribution in [0.5, 0.6) is 0 Å². The highest BCUT2D eigenvalue weighted by molar-refractivity contribution is 7.91. The van der Waals surface area contributed by atoms with Crippen molar-refractivity contribution in [2.45, 2.75) is 38.5 Å². The average Bonchev–Trinajstić information content (AvgIpc) is 2.92. The van der Waals surface area contributed by atoms with Gasteiger partial charge in [0.15, 0.2) is 9.84 Å². The summed E-state index contributed by atoms with van der Waals surface area (Å²) in [7, 11) is -3.21. The van der Waals surface area contributed by atoms with Gasteiger partial charge in [0.25, 0.3) is 0 Å². The molecular weight excluding hydrogens is 314 g/mol. The third kappa shape index (κ3) is 3.98. The Hall–Kier alpha value is -0.610. The number of aliphatic hydroxyl groups excluding tert-OH is 2. The Bertz CT molecular complexity index is 573. The summed E-state index contributed by atoms with van der Waals surface area (Å²) >= 11 is 1.28. The Labute approximate surface area is 128 Å². The van der Waals surface area contributed by atoms with Crippen molar-refractivity contribution in [2.24, 2.45) is 0 Å². The van der Waals surface area contributed by atoms with Crippen LogP contribution in [0.4, 0.5) is 0 Å². The van der Waals surface area contributed by atoms with Crippen LogP contribution in [0.15, 0.2) is 0 Å². The zero-order chi connectivity index (χ0) is 15.6. The van der Waals surface area contributed by atoms with Crippen molar-refractivity contribution in [3.05, 3.63) is 10.6 Å². The minimum absolute atomic E-state index is 0.0720. The van der Waals surface area contributed by atoms with Crippen LogP contribution >= 0.6 is 11.5 Å². The molecule has 1 aliphatic heterocycles. The lowest BCUT2D eigenvalue weighted by Crippen LogP contribution is -2.44. The van der Waals surface area contributed by atoms with Crippen LogP contribution in [-0.2, 0) is 16.4 Å². The zero-order valence-corrected chi connectivity index (χ0v) is 13.8. The standard InChI is InChI=1S/C12H21N3O4S2/c1-8(2)12-11(20-14-13-12)5-15(3-4-16)9-6-21(18,19)7-10(9)17/h8-10,16-17H,3-7H2,1-2H3/t9-,10-/m1/s1. The summed E-state index contributed by atoms with van der Waals surface area (Å²) in [6, 6.07) is -0.482. The second-order valence-corrected chi connectivity index (χ2v) is 8.63. The van der Waals surface area contributed by atoms with Crippen molar-refractivity contribution in [2.75, 3.05) is 24.7 Å². The minimum atomic E-state index is -3.21. The largest absolute Gasteiger partial charge is 0.395 e. The number of aromatic nitrogens is 2. The van der Waals surface area contributed by atoms with Crippen LogP contribution in [-0.4, -0.2) is 69.9 Å². The average molecular weight is 335 g/mol. The SMILES string of the molecule is CC(C)c1nnsc1CN(CCO)[C@@H]1CS(=O)(=O)C[C@H]1O. The normalized spacial score (nSPS) is 25.0. The molecule has 120 valence electrons. The third-order valence-corrected chi connectivity index (χ3v) is 6.05. The van der Waals surface area contributed by atoms with Gasteiger partial charge < -0.3 is 10.2 Å². The maximum absolute atomic E-state index is 11.7. The van der Waals surface area contributed by atoms with E-state index in [9.17, 15) is 18.6 Å². The van der Waals surface area contributed by atoms with Gasteiger partial charge in [0.1, 0.15) is 0 Å². The third-order valence-electron chi connectivity index (χ3n) is 3.63. The molecule has 7 nitrogen and oxygen atoms in total. The van der Waals surface area contributed by atoms with Gasteiger partial charge in [-0.15, -0.1) is 5.10 Å². The Balaban J connectivity index is 2.18. The summed E-state index contributed by atoms with van der Waals surface area (Å²) in [5.41, 5.74) is 0.887. The van der Waals surface area contributed by atoms with Gasteiger partial charge in [0.05, 0.1) is 40.8 Å². The molecule has 0 aromatic carbocycles. The molecule has 1 aromatic heterocycles. The molecule has 2 N–H and O–H groups in total. The molecule has 1 fully saturated rings. The Morgan fingerprint density at radius 3 is 2.67 bits per heavy atom. The number of nitrogens with zero attached hydrogens (tertiary/aromatic N) is 3. The van der Waals surface area contributed by atoms with Crippen molar-refractivity contribution in [3.8, 4) is 0 Å². The molecule has 2 heterocycles. The second-order valence-electron chi connectivity index (χ2n) is 5.64. The first kappa shape index (κ1) is 16.8. The molecule has 0 unspecified atom stereocenters. The first-order valence-corrected chi connectivity index (χ1v) is 9.48. The molecule has 1 aliphatic rings. The van der Waals surface area contributed by atoms with Gasteiger partial charge in [-0.2, -0.15) is 0 Å². The molecular formula is C12H21N3O4S2. The summed E-state index contributed by atoms with van der Waals surface area (Å²) < 4.78 is 27.3. The molecule has 21 heavy (non-hydrogen) atoms. The van der Waals surface area contributed by atoms with E-state index in [2.05, 4.69) is 9.59 Å². The predicted octanol–water partition coefficient (Wildman–Crippen LogP) is -0.386. The first-order valence-electron chi connectivity index (χ1n) is 6.88. The van der Waals surface area contributed by atoms with Gasteiger partial charge in [-0.25, -0.2) is 8.42 Å². The zero-order valence-electron chi connectivity index (χ0n) is 12.1.